The molecule has 1 saturated carbocycles. The predicted molar refractivity (Wildman–Crippen MR) is 109 cm³/mol. The topological polar surface area (TPSA) is 56.7 Å². The fraction of sp³-hybridized carbons (Fsp3) is 0.947. The fourth-order valence-corrected chi connectivity index (χ4v) is 4.60. The molecule has 0 bridgehead atoms. The van der Waals surface area contributed by atoms with Gasteiger partial charge in [0.15, 0.2) is 5.96 Å². The lowest BCUT2D eigenvalue weighted by Crippen LogP contribution is -2.45. The molecule has 146 valence electrons. The summed E-state index contributed by atoms with van der Waals surface area (Å²) in [4.78, 5) is 7.26. The van der Waals surface area contributed by atoms with Gasteiger partial charge in [0.1, 0.15) is 0 Å². The standard InChI is InChI=1S/C19H38N4OS/c1-5-20-18(21-11-13-25(24)19(2,3)4)22-17-10-12-23(15-17)14-16-8-6-7-9-16/h16-17H,5-15H2,1-4H3,(H2,20,21,22). The van der Waals surface area contributed by atoms with Gasteiger partial charge in [-0.05, 0) is 52.9 Å². The Morgan fingerprint density at radius 2 is 1.96 bits per heavy atom. The molecule has 1 heterocycles. The lowest BCUT2D eigenvalue weighted by molar-refractivity contribution is 0.275. The molecule has 2 unspecified atom stereocenters. The number of nitrogens with zero attached hydrogens (tertiary/aromatic N) is 2. The Hall–Kier alpha value is -0.620. The van der Waals surface area contributed by atoms with Crippen molar-refractivity contribution in [3.63, 3.8) is 0 Å². The van der Waals surface area contributed by atoms with Crippen molar-refractivity contribution in [2.24, 2.45) is 10.9 Å². The summed E-state index contributed by atoms with van der Waals surface area (Å²) in [5, 5.41) is 6.91. The smallest absolute Gasteiger partial charge is 0.191 e. The summed E-state index contributed by atoms with van der Waals surface area (Å²) in [5.74, 6) is 2.42. The van der Waals surface area contributed by atoms with E-state index >= 15 is 0 Å². The van der Waals surface area contributed by atoms with Gasteiger partial charge in [0.05, 0.1) is 6.54 Å². The molecule has 0 aromatic rings. The van der Waals surface area contributed by atoms with Crippen LogP contribution in [0.25, 0.3) is 0 Å². The van der Waals surface area contributed by atoms with E-state index < -0.39 is 10.8 Å². The molecule has 0 aromatic heterocycles. The van der Waals surface area contributed by atoms with Crippen molar-refractivity contribution in [3.05, 3.63) is 0 Å². The molecule has 25 heavy (non-hydrogen) atoms. The number of hydrogen-bond donors (Lipinski definition) is 2. The van der Waals surface area contributed by atoms with Gasteiger partial charge in [-0.2, -0.15) is 0 Å². The minimum atomic E-state index is -0.841. The molecule has 5 nitrogen and oxygen atoms in total. The molecule has 1 aliphatic carbocycles. The Morgan fingerprint density at radius 1 is 1.24 bits per heavy atom. The zero-order valence-electron chi connectivity index (χ0n) is 16.6. The molecule has 1 aliphatic heterocycles. The van der Waals surface area contributed by atoms with Crippen LogP contribution in [0.15, 0.2) is 4.99 Å². The molecule has 2 fully saturated rings. The third-order valence-electron chi connectivity index (χ3n) is 5.18. The van der Waals surface area contributed by atoms with Crippen molar-refractivity contribution in [2.45, 2.75) is 70.6 Å². The molecule has 2 rings (SSSR count). The Bertz CT molecular complexity index is 455. The van der Waals surface area contributed by atoms with E-state index in [1.807, 2.05) is 20.8 Å². The first-order valence-corrected chi connectivity index (χ1v) is 11.4. The van der Waals surface area contributed by atoms with Crippen LogP contribution in [-0.4, -0.2) is 64.3 Å². The van der Waals surface area contributed by atoms with E-state index in [1.165, 1.54) is 45.2 Å². The second-order valence-electron chi connectivity index (χ2n) is 8.46. The number of aliphatic imine (C=N–C) groups is 1. The third kappa shape index (κ3) is 7.26. The normalized spacial score (nSPS) is 24.6. The molecular formula is C19H38N4OS. The van der Waals surface area contributed by atoms with Gasteiger partial charge in [-0.3, -0.25) is 9.20 Å². The highest BCUT2D eigenvalue weighted by atomic mass is 32.2. The van der Waals surface area contributed by atoms with Gasteiger partial charge in [-0.25, -0.2) is 0 Å². The van der Waals surface area contributed by atoms with Crippen LogP contribution in [0.5, 0.6) is 0 Å². The van der Waals surface area contributed by atoms with Crippen LogP contribution in [-0.2, 0) is 10.8 Å². The summed E-state index contributed by atoms with van der Waals surface area (Å²) in [6, 6.07) is 0.479. The average Bonchev–Trinajstić information content (AvgIpc) is 3.19. The monoisotopic (exact) mass is 370 g/mol. The molecule has 6 heteroatoms. The highest BCUT2D eigenvalue weighted by molar-refractivity contribution is 7.86. The highest BCUT2D eigenvalue weighted by Gasteiger charge is 2.26. The molecule has 2 atom stereocenters. The van der Waals surface area contributed by atoms with Gasteiger partial charge in [0.25, 0.3) is 0 Å². The average molecular weight is 371 g/mol. The third-order valence-corrected chi connectivity index (χ3v) is 7.10. The maximum absolute atomic E-state index is 12.2. The molecule has 2 N–H and O–H groups in total. The summed E-state index contributed by atoms with van der Waals surface area (Å²) >= 11 is 0. The van der Waals surface area contributed by atoms with Gasteiger partial charge < -0.3 is 15.5 Å². The second kappa shape index (κ2) is 9.91. The number of guanidine groups is 1. The van der Waals surface area contributed by atoms with Crippen LogP contribution < -0.4 is 10.6 Å². The van der Waals surface area contributed by atoms with Crippen molar-refractivity contribution >= 4 is 16.8 Å². The van der Waals surface area contributed by atoms with E-state index in [1.54, 1.807) is 0 Å². The summed E-state index contributed by atoms with van der Waals surface area (Å²) < 4.78 is 12.0. The minimum Gasteiger partial charge on any atom is -0.357 e. The van der Waals surface area contributed by atoms with Crippen LogP contribution in [0.2, 0.25) is 0 Å². The van der Waals surface area contributed by atoms with Gasteiger partial charge in [0.2, 0.25) is 0 Å². The maximum atomic E-state index is 12.2. The fourth-order valence-electron chi connectivity index (χ4n) is 3.73. The molecule has 1 saturated heterocycles. The quantitative estimate of drug-likeness (QED) is 0.533. The van der Waals surface area contributed by atoms with Crippen LogP contribution in [0.3, 0.4) is 0 Å². The summed E-state index contributed by atoms with van der Waals surface area (Å²) in [6.45, 7) is 13.2. The van der Waals surface area contributed by atoms with Gasteiger partial charge >= 0.3 is 0 Å². The van der Waals surface area contributed by atoms with Gasteiger partial charge in [-0.15, -0.1) is 0 Å². The van der Waals surface area contributed by atoms with E-state index in [4.69, 9.17) is 0 Å². The van der Waals surface area contributed by atoms with Crippen molar-refractivity contribution in [3.8, 4) is 0 Å². The molecule has 0 radical (unpaired) electrons. The van der Waals surface area contributed by atoms with Gasteiger partial charge in [0, 0.05) is 53.5 Å². The lowest BCUT2D eigenvalue weighted by atomic mass is 10.1. The zero-order chi connectivity index (χ0) is 18.3. The first-order valence-electron chi connectivity index (χ1n) is 10.0. The molecular weight excluding hydrogens is 332 g/mol. The van der Waals surface area contributed by atoms with E-state index in [0.717, 1.165) is 25.0 Å². The first kappa shape index (κ1) is 20.7. The number of rotatable bonds is 7. The number of likely N-dealkylation sites (tertiary alicyclic amines) is 1. The number of hydrogen-bond acceptors (Lipinski definition) is 3. The highest BCUT2D eigenvalue weighted by Crippen LogP contribution is 2.26. The van der Waals surface area contributed by atoms with Crippen molar-refractivity contribution in [1.82, 2.24) is 15.5 Å². The van der Waals surface area contributed by atoms with Crippen molar-refractivity contribution < 1.29 is 4.21 Å². The summed E-state index contributed by atoms with van der Waals surface area (Å²) in [7, 11) is -0.841. The van der Waals surface area contributed by atoms with Crippen LogP contribution in [0.1, 0.15) is 59.8 Å². The molecule has 0 aromatic carbocycles. The second-order valence-corrected chi connectivity index (χ2v) is 10.8. The van der Waals surface area contributed by atoms with Crippen LogP contribution in [0.4, 0.5) is 0 Å². The Morgan fingerprint density at radius 3 is 2.60 bits per heavy atom. The minimum absolute atomic E-state index is 0.159. The Kier molecular flexibility index (Phi) is 8.20. The predicted octanol–water partition coefficient (Wildman–Crippen LogP) is 2.35. The van der Waals surface area contributed by atoms with E-state index in [0.29, 0.717) is 18.3 Å². The van der Waals surface area contributed by atoms with Crippen molar-refractivity contribution in [2.75, 3.05) is 38.5 Å². The maximum Gasteiger partial charge on any atom is 0.191 e. The van der Waals surface area contributed by atoms with Crippen LogP contribution >= 0.6 is 0 Å². The van der Waals surface area contributed by atoms with E-state index in [9.17, 15) is 4.21 Å². The summed E-state index contributed by atoms with van der Waals surface area (Å²) in [5.41, 5.74) is 0. The SMILES string of the molecule is CCNC(=NCCS(=O)C(C)(C)C)NC1CCN(CC2CCCC2)C1. The van der Waals surface area contributed by atoms with E-state index in [2.05, 4.69) is 27.4 Å². The zero-order valence-corrected chi connectivity index (χ0v) is 17.5. The molecule has 0 spiro atoms. The van der Waals surface area contributed by atoms with Crippen LogP contribution in [0, 0.1) is 5.92 Å². The lowest BCUT2D eigenvalue weighted by Gasteiger charge is -2.21. The largest absolute Gasteiger partial charge is 0.357 e. The van der Waals surface area contributed by atoms with E-state index in [-0.39, 0.29) is 4.75 Å². The number of nitrogens with one attached hydrogen (secondary N) is 2. The first-order chi connectivity index (χ1) is 11.9. The Labute approximate surface area is 156 Å². The molecule has 0 amide bonds. The summed E-state index contributed by atoms with van der Waals surface area (Å²) in [6.07, 6.45) is 6.87. The van der Waals surface area contributed by atoms with Crippen molar-refractivity contribution in [1.29, 1.82) is 0 Å². The Balaban J connectivity index is 1.76. The molecule has 2 aliphatic rings. The van der Waals surface area contributed by atoms with Gasteiger partial charge in [-0.1, -0.05) is 12.8 Å².